The molecule has 1 aromatic rings. The second kappa shape index (κ2) is 13.0. The number of fused-ring (bicyclic) bond motifs is 1. The maximum absolute atomic E-state index is 13.5. The number of aromatic nitrogens is 2. The minimum absolute atomic E-state index is 0.0509. The van der Waals surface area contributed by atoms with Gasteiger partial charge in [-0.3, -0.25) is 15.0 Å². The number of piperidine rings is 1. The summed E-state index contributed by atoms with van der Waals surface area (Å²) in [6, 6.07) is -1.06. The van der Waals surface area contributed by atoms with Gasteiger partial charge in [-0.05, 0) is 6.42 Å². The van der Waals surface area contributed by atoms with Crippen molar-refractivity contribution in [3.63, 3.8) is 0 Å². The number of hydrogen-bond acceptors (Lipinski definition) is 6. The highest BCUT2D eigenvalue weighted by Crippen LogP contribution is 2.37. The molecule has 1 saturated heterocycles. The summed E-state index contributed by atoms with van der Waals surface area (Å²) < 4.78 is 106. The van der Waals surface area contributed by atoms with Crippen molar-refractivity contribution < 1.29 is 44.7 Å². The minimum atomic E-state index is -5.23. The molecular weight excluding hydrogens is 588 g/mol. The number of hydrogen-bond donors (Lipinski definition) is 4. The molecule has 236 valence electrons. The number of nitrogens with one attached hydrogen (secondary N) is 1. The summed E-state index contributed by atoms with van der Waals surface area (Å²) in [6.07, 6.45) is -12.2. The molecule has 7 N–H and O–H groups in total. The molecule has 2 aliphatic heterocycles. The molecular formula is C22H30F8N10O2. The molecule has 0 unspecified atom stereocenters. The number of guanidine groups is 2. The van der Waals surface area contributed by atoms with Crippen molar-refractivity contribution in [1.82, 2.24) is 24.7 Å². The third-order valence-corrected chi connectivity index (χ3v) is 5.97. The van der Waals surface area contributed by atoms with Crippen molar-refractivity contribution in [3.8, 4) is 0 Å². The molecule has 0 bridgehead atoms. The Morgan fingerprint density at radius 1 is 1.12 bits per heavy atom. The van der Waals surface area contributed by atoms with Crippen molar-refractivity contribution in [3.05, 3.63) is 22.8 Å². The number of halogens is 8. The smallest absolute Gasteiger partial charge is 0.370 e. The molecule has 2 aliphatic rings. The summed E-state index contributed by atoms with van der Waals surface area (Å²) in [4.78, 5) is 37.0. The van der Waals surface area contributed by atoms with Gasteiger partial charge in [-0.15, -0.1) is 0 Å². The maximum Gasteiger partial charge on any atom is 0.451 e. The van der Waals surface area contributed by atoms with Crippen LogP contribution in [0.5, 0.6) is 0 Å². The fourth-order valence-corrected chi connectivity index (χ4v) is 3.99. The maximum atomic E-state index is 13.5. The highest BCUT2D eigenvalue weighted by Gasteiger charge is 2.44. The van der Waals surface area contributed by atoms with E-state index < -0.39 is 91.3 Å². The first-order chi connectivity index (χ1) is 19.1. The van der Waals surface area contributed by atoms with E-state index in [-0.39, 0.29) is 31.4 Å². The third-order valence-electron chi connectivity index (χ3n) is 5.97. The predicted molar refractivity (Wildman–Crippen MR) is 132 cm³/mol. The van der Waals surface area contributed by atoms with Gasteiger partial charge < -0.3 is 31.9 Å². The second-order valence-electron chi connectivity index (χ2n) is 9.73. The van der Waals surface area contributed by atoms with Crippen molar-refractivity contribution >= 4 is 23.7 Å². The Morgan fingerprint density at radius 2 is 1.74 bits per heavy atom. The third kappa shape index (κ3) is 9.62. The lowest BCUT2D eigenvalue weighted by Gasteiger charge is -2.34. The van der Waals surface area contributed by atoms with E-state index in [0.29, 0.717) is 0 Å². The Kier molecular flexibility index (Phi) is 10.6. The number of aliphatic imine (C=N–C) groups is 1. The molecule has 2 amide bonds. The summed E-state index contributed by atoms with van der Waals surface area (Å²) >= 11 is 0. The Bertz CT molecular complexity index is 1200. The van der Waals surface area contributed by atoms with E-state index in [2.05, 4.69) is 15.0 Å². The lowest BCUT2D eigenvalue weighted by molar-refractivity contribution is -0.153. The van der Waals surface area contributed by atoms with Crippen LogP contribution in [0.1, 0.15) is 42.0 Å². The van der Waals surface area contributed by atoms with E-state index in [0.717, 1.165) is 9.80 Å². The number of rotatable bonds is 4. The SMILES string of the molecule is CN(C)C(=N)N=C(N)N.N[C@@H](CC(=O)N1CCc2c(nc(C(F)(F)F)nc2C(F)(F)F)C1)CN1CC(F)(F)CCC1=O. The second-order valence-corrected chi connectivity index (χ2v) is 9.73. The van der Waals surface area contributed by atoms with Crippen LogP contribution in [0.3, 0.4) is 0 Å². The fourth-order valence-electron chi connectivity index (χ4n) is 3.99. The highest BCUT2D eigenvalue weighted by atomic mass is 19.4. The minimum Gasteiger partial charge on any atom is -0.370 e. The fraction of sp³-hybridized carbons (Fsp3) is 0.636. The van der Waals surface area contributed by atoms with E-state index >= 15 is 0 Å². The summed E-state index contributed by atoms with van der Waals surface area (Å²) in [5.41, 5.74) is 13.0. The molecule has 42 heavy (non-hydrogen) atoms. The van der Waals surface area contributed by atoms with Crippen molar-refractivity contribution in [2.24, 2.45) is 22.2 Å². The van der Waals surface area contributed by atoms with Gasteiger partial charge in [0.25, 0.3) is 5.92 Å². The largest absolute Gasteiger partial charge is 0.451 e. The van der Waals surface area contributed by atoms with Crippen LogP contribution < -0.4 is 17.2 Å². The van der Waals surface area contributed by atoms with Gasteiger partial charge in [-0.2, -0.15) is 31.3 Å². The molecule has 0 radical (unpaired) electrons. The molecule has 3 heterocycles. The summed E-state index contributed by atoms with van der Waals surface area (Å²) in [5.74, 6) is -6.36. The number of amides is 2. The average molecular weight is 619 g/mol. The van der Waals surface area contributed by atoms with Crippen molar-refractivity contribution in [2.45, 2.75) is 56.5 Å². The van der Waals surface area contributed by atoms with Crippen LogP contribution in [-0.2, 0) is 34.9 Å². The first-order valence-corrected chi connectivity index (χ1v) is 12.2. The standard InChI is InChI=1S/C18H19F8N5O2.C4H11N5/c19-16(20)3-1-12(32)31(8-16)6-9(27)5-13(33)30-4-2-10-11(7-30)28-15(18(24,25)26)29-14(10)17(21,22)23;1-9(2)4(7)8-3(5)6/h9H,1-8,27H2;1-2H3,(H5,5,6,7,8)/t9-;/m0./s1. The molecule has 1 atom stereocenters. The van der Waals surface area contributed by atoms with Gasteiger partial charge in [0.15, 0.2) is 11.7 Å². The quantitative estimate of drug-likeness (QED) is 0.220. The zero-order valence-electron chi connectivity index (χ0n) is 22.5. The first kappa shape index (κ1) is 34.4. The molecule has 1 aromatic heterocycles. The number of nitrogens with two attached hydrogens (primary N) is 3. The van der Waals surface area contributed by atoms with Gasteiger partial charge in [-0.1, -0.05) is 0 Å². The number of likely N-dealkylation sites (tertiary alicyclic amines) is 1. The van der Waals surface area contributed by atoms with Crippen LogP contribution in [0.15, 0.2) is 4.99 Å². The molecule has 0 saturated carbocycles. The molecule has 0 aliphatic carbocycles. The summed E-state index contributed by atoms with van der Waals surface area (Å²) in [6.45, 7) is -2.07. The lowest BCUT2D eigenvalue weighted by Crippen LogP contribution is -2.51. The van der Waals surface area contributed by atoms with Crippen LogP contribution in [0.2, 0.25) is 0 Å². The van der Waals surface area contributed by atoms with Crippen LogP contribution in [-0.4, -0.2) is 94.1 Å². The number of carbonyl (C=O) groups is 2. The molecule has 0 spiro atoms. The zero-order valence-corrected chi connectivity index (χ0v) is 22.5. The van der Waals surface area contributed by atoms with E-state index in [1.807, 2.05) is 0 Å². The Morgan fingerprint density at radius 3 is 2.24 bits per heavy atom. The van der Waals surface area contributed by atoms with Crippen molar-refractivity contribution in [2.75, 3.05) is 33.7 Å². The Labute approximate surface area is 234 Å². The Balaban J connectivity index is 0.000000592. The van der Waals surface area contributed by atoms with Gasteiger partial charge in [0.2, 0.25) is 23.6 Å². The van der Waals surface area contributed by atoms with Crippen LogP contribution in [0.25, 0.3) is 0 Å². The Hall–Kier alpha value is -3.84. The highest BCUT2D eigenvalue weighted by molar-refractivity contribution is 5.91. The normalized spacial score (nSPS) is 17.5. The van der Waals surface area contributed by atoms with Crippen LogP contribution in [0.4, 0.5) is 35.1 Å². The van der Waals surface area contributed by atoms with Crippen LogP contribution >= 0.6 is 0 Å². The van der Waals surface area contributed by atoms with Crippen molar-refractivity contribution in [1.29, 1.82) is 5.41 Å². The van der Waals surface area contributed by atoms with Gasteiger partial charge in [0, 0.05) is 58.1 Å². The first-order valence-electron chi connectivity index (χ1n) is 12.2. The lowest BCUT2D eigenvalue weighted by atomic mass is 10.0. The molecule has 12 nitrogen and oxygen atoms in total. The van der Waals surface area contributed by atoms with Gasteiger partial charge in [0.05, 0.1) is 18.8 Å². The zero-order chi connectivity index (χ0) is 32.2. The topological polar surface area (TPSA) is 184 Å². The molecule has 1 fully saturated rings. The average Bonchev–Trinajstić information content (AvgIpc) is 2.83. The number of carbonyl (C=O) groups excluding carboxylic acids is 2. The van der Waals surface area contributed by atoms with Gasteiger partial charge in [-0.25, -0.2) is 18.7 Å². The molecule has 20 heteroatoms. The van der Waals surface area contributed by atoms with Crippen LogP contribution in [0, 0.1) is 5.41 Å². The van der Waals surface area contributed by atoms with E-state index in [9.17, 15) is 44.7 Å². The van der Waals surface area contributed by atoms with Gasteiger partial charge in [0.1, 0.15) is 0 Å². The van der Waals surface area contributed by atoms with E-state index in [1.165, 1.54) is 4.90 Å². The van der Waals surface area contributed by atoms with E-state index in [1.54, 1.807) is 14.1 Å². The molecule has 3 rings (SSSR count). The predicted octanol–water partition coefficient (Wildman–Crippen LogP) is 1.13. The summed E-state index contributed by atoms with van der Waals surface area (Å²) in [5, 5.41) is 7.05. The number of nitrogens with zero attached hydrogens (tertiary/aromatic N) is 6. The number of alkyl halides is 8. The van der Waals surface area contributed by atoms with E-state index in [4.69, 9.17) is 22.6 Å². The molecule has 0 aromatic carbocycles. The van der Waals surface area contributed by atoms with Gasteiger partial charge >= 0.3 is 12.4 Å². The summed E-state index contributed by atoms with van der Waals surface area (Å²) in [7, 11) is 3.38. The monoisotopic (exact) mass is 618 g/mol.